The topological polar surface area (TPSA) is 72.3 Å². The molecule has 0 bridgehead atoms. The fourth-order valence-electron chi connectivity index (χ4n) is 10.2. The Bertz CT molecular complexity index is 637. The van der Waals surface area contributed by atoms with Crippen LogP contribution in [0.25, 0.3) is 0 Å². The molecule has 11 atom stereocenters. The molecule has 0 heterocycles. The van der Waals surface area contributed by atoms with E-state index in [9.17, 15) is 5.11 Å². The normalized spacial score (nSPS) is 48.1. The van der Waals surface area contributed by atoms with E-state index >= 15 is 0 Å². The summed E-state index contributed by atoms with van der Waals surface area (Å²) in [6.07, 6.45) is 14.3. The molecule has 0 aliphatic heterocycles. The maximum atomic E-state index is 10.7. The molecule has 0 spiro atoms. The largest absolute Gasteiger partial charge is 0.393 e. The molecule has 0 saturated heterocycles. The van der Waals surface area contributed by atoms with Crippen molar-refractivity contribution < 1.29 is 5.11 Å². The van der Waals surface area contributed by atoms with Crippen LogP contribution in [0.4, 0.5) is 0 Å². The van der Waals surface area contributed by atoms with E-state index in [1.54, 1.807) is 0 Å². The van der Waals surface area contributed by atoms with Crippen molar-refractivity contribution in [3.05, 3.63) is 0 Å². The standard InChI is InChI=1S/C29H54N2O/c1-18(2)7-6-8-19(3)23-11-12-24-22-10-9-20-15-21(32)16-26(27(31)17-30)29(20,5)25(22)13-14-28(23,24)4/h18-27,32H,6-17,30-31H2,1-5H3/t19-,20-,21+,22-,23-,24+,25+,26?,27?,28-,29+/m1/s1. The number of aliphatic hydroxyl groups excluding tert-OH is 1. The lowest BCUT2D eigenvalue weighted by molar-refractivity contribution is -0.161. The van der Waals surface area contributed by atoms with E-state index in [0.717, 1.165) is 48.3 Å². The number of aliphatic hydroxyl groups is 1. The maximum absolute atomic E-state index is 10.7. The molecule has 0 aromatic heterocycles. The summed E-state index contributed by atoms with van der Waals surface area (Å²) in [5.74, 6) is 6.18. The fraction of sp³-hybridized carbons (Fsp3) is 1.00. The zero-order valence-electron chi connectivity index (χ0n) is 21.9. The summed E-state index contributed by atoms with van der Waals surface area (Å²) in [5, 5.41) is 10.7. The third kappa shape index (κ3) is 4.11. The predicted octanol–water partition coefficient (Wildman–Crippen LogP) is 5.98. The Hall–Kier alpha value is -0.120. The summed E-state index contributed by atoms with van der Waals surface area (Å²) in [5.41, 5.74) is 13.6. The van der Waals surface area contributed by atoms with Gasteiger partial charge in [-0.15, -0.1) is 0 Å². The maximum Gasteiger partial charge on any atom is 0.0546 e. The lowest BCUT2D eigenvalue weighted by Gasteiger charge is -2.64. The summed E-state index contributed by atoms with van der Waals surface area (Å²) in [4.78, 5) is 0. The van der Waals surface area contributed by atoms with Crippen molar-refractivity contribution in [1.82, 2.24) is 0 Å². The minimum absolute atomic E-state index is 0.0295. The highest BCUT2D eigenvalue weighted by Gasteiger charge is 2.63. The van der Waals surface area contributed by atoms with Gasteiger partial charge in [-0.3, -0.25) is 0 Å². The molecular weight excluding hydrogens is 392 g/mol. The summed E-state index contributed by atoms with van der Waals surface area (Å²) >= 11 is 0. The van der Waals surface area contributed by atoms with Gasteiger partial charge in [-0.25, -0.2) is 0 Å². The van der Waals surface area contributed by atoms with Gasteiger partial charge in [0.2, 0.25) is 0 Å². The van der Waals surface area contributed by atoms with Crippen LogP contribution in [0, 0.1) is 58.2 Å². The van der Waals surface area contributed by atoms with Gasteiger partial charge in [0.05, 0.1) is 6.10 Å². The lowest BCUT2D eigenvalue weighted by atomic mass is 9.41. The van der Waals surface area contributed by atoms with Gasteiger partial charge in [-0.2, -0.15) is 0 Å². The monoisotopic (exact) mass is 446 g/mol. The van der Waals surface area contributed by atoms with Crippen molar-refractivity contribution >= 4 is 0 Å². The molecule has 4 aliphatic carbocycles. The van der Waals surface area contributed by atoms with Crippen LogP contribution in [0.1, 0.15) is 105 Å². The quantitative estimate of drug-likeness (QED) is 0.450. The van der Waals surface area contributed by atoms with Crippen molar-refractivity contribution in [2.24, 2.45) is 69.6 Å². The number of fused-ring (bicyclic) bond motifs is 5. The first-order chi connectivity index (χ1) is 15.1. The van der Waals surface area contributed by atoms with Gasteiger partial charge in [0, 0.05) is 12.6 Å². The second-order valence-electron chi connectivity index (χ2n) is 13.7. The van der Waals surface area contributed by atoms with Crippen molar-refractivity contribution in [1.29, 1.82) is 0 Å². The van der Waals surface area contributed by atoms with Crippen LogP contribution < -0.4 is 11.5 Å². The van der Waals surface area contributed by atoms with Gasteiger partial charge in [0.1, 0.15) is 0 Å². The average Bonchev–Trinajstić information content (AvgIpc) is 3.10. The first kappa shape index (κ1) is 25.0. The van der Waals surface area contributed by atoms with Crippen LogP contribution in [0.2, 0.25) is 0 Å². The molecule has 3 heteroatoms. The predicted molar refractivity (Wildman–Crippen MR) is 135 cm³/mol. The first-order valence-corrected chi connectivity index (χ1v) is 14.3. The zero-order chi connectivity index (χ0) is 23.3. The molecule has 0 aromatic carbocycles. The molecule has 3 nitrogen and oxygen atoms in total. The van der Waals surface area contributed by atoms with Crippen LogP contribution in [0.15, 0.2) is 0 Å². The molecule has 4 rings (SSSR count). The zero-order valence-corrected chi connectivity index (χ0v) is 21.9. The Balaban J connectivity index is 1.53. The van der Waals surface area contributed by atoms with E-state index in [0.29, 0.717) is 23.8 Å². The van der Waals surface area contributed by atoms with Crippen molar-refractivity contribution in [3.63, 3.8) is 0 Å². The van der Waals surface area contributed by atoms with Crippen molar-refractivity contribution in [2.45, 2.75) is 117 Å². The molecule has 4 saturated carbocycles. The number of rotatable bonds is 7. The van der Waals surface area contributed by atoms with E-state index in [1.165, 1.54) is 57.8 Å². The minimum Gasteiger partial charge on any atom is -0.393 e. The Morgan fingerprint density at radius 2 is 1.66 bits per heavy atom. The second-order valence-corrected chi connectivity index (χ2v) is 13.7. The Labute approximate surface area is 198 Å². The molecule has 32 heavy (non-hydrogen) atoms. The van der Waals surface area contributed by atoms with Crippen LogP contribution in [0.5, 0.6) is 0 Å². The van der Waals surface area contributed by atoms with E-state index in [-0.39, 0.29) is 17.6 Å². The molecule has 4 fully saturated rings. The highest BCUT2D eigenvalue weighted by Crippen LogP contribution is 2.69. The number of nitrogens with two attached hydrogens (primary N) is 2. The minimum atomic E-state index is -0.177. The van der Waals surface area contributed by atoms with Gasteiger partial charge < -0.3 is 16.6 Å². The third-order valence-electron chi connectivity index (χ3n) is 11.8. The summed E-state index contributed by atoms with van der Waals surface area (Å²) < 4.78 is 0. The third-order valence-corrected chi connectivity index (χ3v) is 11.8. The van der Waals surface area contributed by atoms with Crippen LogP contribution in [0.3, 0.4) is 0 Å². The van der Waals surface area contributed by atoms with Gasteiger partial charge in [-0.05, 0) is 110 Å². The van der Waals surface area contributed by atoms with E-state index in [2.05, 4.69) is 34.6 Å². The summed E-state index contributed by atoms with van der Waals surface area (Å²) in [7, 11) is 0. The van der Waals surface area contributed by atoms with Crippen molar-refractivity contribution in [2.75, 3.05) is 6.54 Å². The number of hydrogen-bond donors (Lipinski definition) is 3. The van der Waals surface area contributed by atoms with Crippen LogP contribution in [-0.2, 0) is 0 Å². The van der Waals surface area contributed by atoms with Gasteiger partial charge >= 0.3 is 0 Å². The van der Waals surface area contributed by atoms with E-state index in [4.69, 9.17) is 11.5 Å². The molecule has 2 unspecified atom stereocenters. The lowest BCUT2D eigenvalue weighted by Crippen LogP contribution is -2.61. The van der Waals surface area contributed by atoms with Gasteiger partial charge in [0.15, 0.2) is 0 Å². The van der Waals surface area contributed by atoms with Crippen molar-refractivity contribution in [3.8, 4) is 0 Å². The smallest absolute Gasteiger partial charge is 0.0546 e. The summed E-state index contributed by atoms with van der Waals surface area (Å²) in [6, 6.07) is 0.0295. The molecule has 0 radical (unpaired) electrons. The van der Waals surface area contributed by atoms with Gasteiger partial charge in [0.25, 0.3) is 0 Å². The molecule has 0 amide bonds. The Morgan fingerprint density at radius 1 is 0.906 bits per heavy atom. The summed E-state index contributed by atoms with van der Waals surface area (Å²) in [6.45, 7) is 13.1. The molecule has 5 N–H and O–H groups in total. The number of hydrogen-bond acceptors (Lipinski definition) is 3. The first-order valence-electron chi connectivity index (χ1n) is 14.3. The van der Waals surface area contributed by atoms with Gasteiger partial charge in [-0.1, -0.05) is 53.9 Å². The molecule has 186 valence electrons. The van der Waals surface area contributed by atoms with Crippen LogP contribution >= 0.6 is 0 Å². The van der Waals surface area contributed by atoms with E-state index < -0.39 is 0 Å². The molecular formula is C29H54N2O. The van der Waals surface area contributed by atoms with Crippen LogP contribution in [-0.4, -0.2) is 23.8 Å². The highest BCUT2D eigenvalue weighted by molar-refractivity contribution is 5.12. The average molecular weight is 447 g/mol. The molecule has 0 aromatic rings. The van der Waals surface area contributed by atoms with E-state index in [1.807, 2.05) is 0 Å². The fourth-order valence-corrected chi connectivity index (χ4v) is 10.2. The Kier molecular flexibility index (Phi) is 7.42. The SMILES string of the molecule is CC(C)CCC[C@@H](C)[C@H]1CC[C@H]2[C@H]3CC[C@@H]4C[C@H](O)CC(C(N)CN)[C@]4(C)[C@H]3CC[C@]12C. The molecule has 4 aliphatic rings. The Morgan fingerprint density at radius 3 is 2.34 bits per heavy atom. The highest BCUT2D eigenvalue weighted by atomic mass is 16.3. The second kappa shape index (κ2) is 9.50.